The van der Waals surface area contributed by atoms with Crippen LogP contribution in [0.2, 0.25) is 0 Å². The molecule has 18 heavy (non-hydrogen) atoms. The second-order valence-electron chi connectivity index (χ2n) is 5.19. The minimum absolute atomic E-state index is 0.401. The van der Waals surface area contributed by atoms with E-state index < -0.39 is 0 Å². The molecule has 0 aromatic heterocycles. The summed E-state index contributed by atoms with van der Waals surface area (Å²) in [5.41, 5.74) is 1.30. The highest BCUT2D eigenvalue weighted by Crippen LogP contribution is 2.46. The maximum Gasteiger partial charge on any atom is 0.124 e. The lowest BCUT2D eigenvalue weighted by molar-refractivity contribution is -0.0378. The zero-order valence-electron chi connectivity index (χ0n) is 10.4. The van der Waals surface area contributed by atoms with Crippen LogP contribution in [-0.4, -0.2) is 19.8 Å². The molecule has 1 aliphatic carbocycles. The maximum atomic E-state index is 5.91. The Kier molecular flexibility index (Phi) is 3.77. The highest BCUT2D eigenvalue weighted by molar-refractivity contribution is 14.1. The average molecular weight is 359 g/mol. The summed E-state index contributed by atoms with van der Waals surface area (Å²) in [5.74, 6) is 2.31. The van der Waals surface area contributed by atoms with Gasteiger partial charge in [-0.25, -0.2) is 0 Å². The fraction of sp³-hybridized carbons (Fsp3) is 0.571. The van der Waals surface area contributed by atoms with Crippen LogP contribution >= 0.6 is 22.9 Å². The van der Waals surface area contributed by atoms with Crippen molar-refractivity contribution in [2.75, 3.05) is 13.7 Å². The molecule has 3 nitrogen and oxygen atoms in total. The van der Waals surface area contributed by atoms with Gasteiger partial charge in [0.15, 0.2) is 0 Å². The van der Waals surface area contributed by atoms with Crippen molar-refractivity contribution in [2.45, 2.75) is 25.0 Å². The van der Waals surface area contributed by atoms with E-state index >= 15 is 0 Å². The van der Waals surface area contributed by atoms with Crippen LogP contribution in [-0.2, 0) is 4.74 Å². The molecule has 0 saturated heterocycles. The molecule has 1 heterocycles. The van der Waals surface area contributed by atoms with Gasteiger partial charge in [0.25, 0.3) is 0 Å². The Morgan fingerprint density at radius 1 is 1.33 bits per heavy atom. The largest absolute Gasteiger partial charge is 0.493 e. The lowest BCUT2D eigenvalue weighted by Crippen LogP contribution is -2.44. The van der Waals surface area contributed by atoms with E-state index in [2.05, 4.69) is 44.6 Å². The maximum absolute atomic E-state index is 5.91. The van der Waals surface area contributed by atoms with Gasteiger partial charge in [-0.2, -0.15) is 0 Å². The van der Waals surface area contributed by atoms with Crippen molar-refractivity contribution in [2.24, 2.45) is 11.8 Å². The van der Waals surface area contributed by atoms with E-state index in [0.717, 1.165) is 18.3 Å². The van der Waals surface area contributed by atoms with Crippen LogP contribution < -0.4 is 8.27 Å². The molecule has 4 heteroatoms. The zero-order chi connectivity index (χ0) is 12.5. The molecule has 2 aliphatic rings. The van der Waals surface area contributed by atoms with Gasteiger partial charge >= 0.3 is 0 Å². The molecule has 1 aromatic rings. The highest BCUT2D eigenvalue weighted by atomic mass is 127. The first-order valence-electron chi connectivity index (χ1n) is 6.44. The fourth-order valence-electron chi connectivity index (χ4n) is 3.08. The molecule has 0 bridgehead atoms. The summed E-state index contributed by atoms with van der Waals surface area (Å²) < 4.78 is 14.7. The topological polar surface area (TPSA) is 30.5 Å². The van der Waals surface area contributed by atoms with Gasteiger partial charge in [-0.05, 0) is 24.8 Å². The number of methoxy groups -OCH3 is 1. The summed E-state index contributed by atoms with van der Waals surface area (Å²) >= 11 is 2.27. The lowest BCUT2D eigenvalue weighted by atomic mass is 9.69. The van der Waals surface area contributed by atoms with Crippen molar-refractivity contribution in [1.82, 2.24) is 3.53 Å². The molecule has 0 amide bonds. The van der Waals surface area contributed by atoms with Gasteiger partial charge in [0.1, 0.15) is 5.75 Å². The number of hydrogen-bond acceptors (Lipinski definition) is 3. The van der Waals surface area contributed by atoms with E-state index in [1.54, 1.807) is 0 Å². The van der Waals surface area contributed by atoms with Gasteiger partial charge in [-0.1, -0.05) is 18.2 Å². The first-order chi connectivity index (χ1) is 8.83. The van der Waals surface area contributed by atoms with Crippen LogP contribution in [0.1, 0.15) is 24.4 Å². The van der Waals surface area contributed by atoms with Gasteiger partial charge < -0.3 is 9.47 Å². The highest BCUT2D eigenvalue weighted by Gasteiger charge is 2.42. The Hall–Kier alpha value is -0.330. The lowest BCUT2D eigenvalue weighted by Gasteiger charge is -2.44. The molecule has 0 radical (unpaired) electrons. The number of nitrogens with one attached hydrogen (secondary N) is 1. The molecule has 1 fully saturated rings. The molecule has 1 saturated carbocycles. The van der Waals surface area contributed by atoms with Crippen molar-refractivity contribution >= 4 is 22.9 Å². The molecule has 1 N–H and O–H groups in total. The molecule has 98 valence electrons. The minimum Gasteiger partial charge on any atom is -0.493 e. The Balaban J connectivity index is 1.78. The van der Waals surface area contributed by atoms with E-state index in [4.69, 9.17) is 9.47 Å². The molecular weight excluding hydrogens is 341 g/mol. The Labute approximate surface area is 122 Å². The van der Waals surface area contributed by atoms with E-state index in [0.29, 0.717) is 18.1 Å². The summed E-state index contributed by atoms with van der Waals surface area (Å²) in [6.07, 6.45) is 2.80. The van der Waals surface area contributed by atoms with E-state index in [9.17, 15) is 0 Å². The van der Waals surface area contributed by atoms with Crippen molar-refractivity contribution in [3.63, 3.8) is 0 Å². The second-order valence-corrected chi connectivity index (χ2v) is 5.81. The molecular formula is C14H18INO2. The zero-order valence-corrected chi connectivity index (χ0v) is 12.6. The normalized spacial score (nSPS) is 34.3. The van der Waals surface area contributed by atoms with Crippen molar-refractivity contribution < 1.29 is 9.47 Å². The minimum atomic E-state index is 0.401. The van der Waals surface area contributed by atoms with Crippen molar-refractivity contribution in [1.29, 1.82) is 0 Å². The molecule has 0 spiro atoms. The monoisotopic (exact) mass is 359 g/mol. The molecule has 1 aliphatic heterocycles. The summed E-state index contributed by atoms with van der Waals surface area (Å²) in [4.78, 5) is 0. The number of rotatable bonds is 3. The van der Waals surface area contributed by atoms with Crippen LogP contribution in [0.5, 0.6) is 5.75 Å². The number of ether oxygens (including phenoxy) is 2. The van der Waals surface area contributed by atoms with E-state index in [-0.39, 0.29) is 0 Å². The first-order valence-corrected chi connectivity index (χ1v) is 7.52. The third-order valence-electron chi connectivity index (χ3n) is 4.30. The standard InChI is InChI=1S/C14H18INO2/c1-17-10-6-9(7-10)12-8-18-13-5-3-2-4-11(13)14(12)16-15/h2-5,9-10,12,14,16H,6-8H2,1H3. The summed E-state index contributed by atoms with van der Waals surface area (Å²) in [6, 6.07) is 8.76. The van der Waals surface area contributed by atoms with Gasteiger partial charge in [-0.15, -0.1) is 0 Å². The van der Waals surface area contributed by atoms with E-state index in [1.807, 2.05) is 13.2 Å². The summed E-state index contributed by atoms with van der Waals surface area (Å²) in [5, 5.41) is 0. The van der Waals surface area contributed by atoms with Crippen LogP contribution in [0, 0.1) is 11.8 Å². The second kappa shape index (κ2) is 5.35. The van der Waals surface area contributed by atoms with Crippen molar-refractivity contribution in [3.8, 4) is 5.75 Å². The van der Waals surface area contributed by atoms with Crippen molar-refractivity contribution in [3.05, 3.63) is 29.8 Å². The number of benzene rings is 1. The quantitative estimate of drug-likeness (QED) is 0.665. The van der Waals surface area contributed by atoms with E-state index in [1.165, 1.54) is 18.4 Å². The van der Waals surface area contributed by atoms with Crippen LogP contribution in [0.3, 0.4) is 0 Å². The third-order valence-corrected chi connectivity index (χ3v) is 4.97. The molecule has 1 aromatic carbocycles. The molecule has 3 rings (SSSR count). The summed E-state index contributed by atoms with van der Waals surface area (Å²) in [6.45, 7) is 0.818. The fourth-order valence-corrected chi connectivity index (χ4v) is 3.88. The number of hydrogen-bond donors (Lipinski definition) is 1. The molecule has 2 atom stereocenters. The average Bonchev–Trinajstić information content (AvgIpc) is 2.37. The van der Waals surface area contributed by atoms with Crippen LogP contribution in [0.25, 0.3) is 0 Å². The Morgan fingerprint density at radius 2 is 2.11 bits per heavy atom. The smallest absolute Gasteiger partial charge is 0.124 e. The predicted molar refractivity (Wildman–Crippen MR) is 78.8 cm³/mol. The first kappa shape index (κ1) is 12.7. The third kappa shape index (κ3) is 2.14. The van der Waals surface area contributed by atoms with Crippen LogP contribution in [0.15, 0.2) is 24.3 Å². The number of fused-ring (bicyclic) bond motifs is 1. The van der Waals surface area contributed by atoms with Crippen LogP contribution in [0.4, 0.5) is 0 Å². The van der Waals surface area contributed by atoms with Gasteiger partial charge in [0, 0.05) is 41.5 Å². The Morgan fingerprint density at radius 3 is 2.83 bits per heavy atom. The SMILES string of the molecule is COC1CC(C2COc3ccccc3C2NI)C1. The number of para-hydroxylation sites is 1. The van der Waals surface area contributed by atoms with Gasteiger partial charge in [-0.3, -0.25) is 3.53 Å². The number of halogens is 1. The van der Waals surface area contributed by atoms with Gasteiger partial charge in [0.05, 0.1) is 18.8 Å². The molecule has 2 unspecified atom stereocenters. The summed E-state index contributed by atoms with van der Waals surface area (Å²) in [7, 11) is 1.81. The van der Waals surface area contributed by atoms with Gasteiger partial charge in [0.2, 0.25) is 0 Å². The Bertz CT molecular complexity index is 420. The predicted octanol–water partition coefficient (Wildman–Crippen LogP) is 3.10.